The summed E-state index contributed by atoms with van der Waals surface area (Å²) >= 11 is 6.40. The topological polar surface area (TPSA) is 29.3 Å². The Morgan fingerprint density at radius 3 is 2.17 bits per heavy atom. The molecule has 2 nitrogen and oxygen atoms in total. The summed E-state index contributed by atoms with van der Waals surface area (Å²) in [6.07, 6.45) is 0. The minimum absolute atomic E-state index is 0.0224. The maximum absolute atomic E-state index is 6.40. The largest absolute Gasteiger partial charge is 0.368 e. The molecule has 0 spiro atoms. The Hall–Kier alpha value is -0.730. The van der Waals surface area contributed by atoms with Gasteiger partial charge in [-0.1, -0.05) is 31.5 Å². The Balaban J connectivity index is 3.05. The molecule has 0 bridgehead atoms. The number of halogens is 1. The monoisotopic (exact) mass is 268 g/mol. The molecule has 0 aliphatic heterocycles. The second-order valence-corrected chi connectivity index (χ2v) is 6.05. The molecule has 0 radical (unpaired) electrons. The second-order valence-electron chi connectivity index (χ2n) is 5.64. The minimum atomic E-state index is 0.0224. The van der Waals surface area contributed by atoms with E-state index < -0.39 is 0 Å². The molecule has 102 valence electrons. The van der Waals surface area contributed by atoms with Gasteiger partial charge in [-0.3, -0.25) is 0 Å². The molecule has 0 heterocycles. The highest BCUT2D eigenvalue weighted by Crippen LogP contribution is 2.30. The van der Waals surface area contributed by atoms with Gasteiger partial charge in [0.2, 0.25) is 0 Å². The van der Waals surface area contributed by atoms with E-state index in [0.717, 1.165) is 22.8 Å². The van der Waals surface area contributed by atoms with Crippen LogP contribution in [0.3, 0.4) is 0 Å². The van der Waals surface area contributed by atoms with Crippen molar-refractivity contribution in [1.29, 1.82) is 0 Å². The van der Waals surface area contributed by atoms with Crippen molar-refractivity contribution in [3.05, 3.63) is 28.8 Å². The fourth-order valence-electron chi connectivity index (χ4n) is 2.02. The van der Waals surface area contributed by atoms with E-state index in [9.17, 15) is 0 Å². The smallest absolute Gasteiger partial charge is 0.0642 e. The van der Waals surface area contributed by atoms with E-state index in [4.69, 9.17) is 17.3 Å². The molecule has 1 aromatic rings. The van der Waals surface area contributed by atoms with E-state index in [2.05, 4.69) is 44.7 Å². The van der Waals surface area contributed by atoms with Crippen LogP contribution in [0.25, 0.3) is 0 Å². The summed E-state index contributed by atoms with van der Waals surface area (Å²) in [7, 11) is 0. The van der Waals surface area contributed by atoms with Crippen LogP contribution in [0.2, 0.25) is 5.02 Å². The van der Waals surface area contributed by atoms with Gasteiger partial charge >= 0.3 is 0 Å². The maximum Gasteiger partial charge on any atom is 0.0642 e. The minimum Gasteiger partial charge on any atom is -0.368 e. The number of nitrogens with zero attached hydrogens (tertiary/aromatic N) is 1. The third kappa shape index (κ3) is 3.89. The zero-order valence-corrected chi connectivity index (χ0v) is 12.8. The lowest BCUT2D eigenvalue weighted by Gasteiger charge is -2.31. The number of rotatable bonds is 5. The molecule has 1 rings (SSSR count). The van der Waals surface area contributed by atoms with Crippen molar-refractivity contribution in [1.82, 2.24) is 0 Å². The lowest BCUT2D eigenvalue weighted by atomic mass is 10.1. The summed E-state index contributed by atoms with van der Waals surface area (Å²) in [6.45, 7) is 11.8. The van der Waals surface area contributed by atoms with Gasteiger partial charge in [0, 0.05) is 18.6 Å². The molecule has 0 amide bonds. The van der Waals surface area contributed by atoms with E-state index >= 15 is 0 Å². The predicted molar refractivity (Wildman–Crippen MR) is 81.4 cm³/mol. The summed E-state index contributed by atoms with van der Waals surface area (Å²) in [5.41, 5.74) is 8.06. The summed E-state index contributed by atoms with van der Waals surface area (Å²) in [6, 6.07) is 6.60. The number of anilines is 1. The van der Waals surface area contributed by atoms with E-state index in [1.165, 1.54) is 0 Å². The van der Waals surface area contributed by atoms with Gasteiger partial charge in [-0.25, -0.2) is 0 Å². The average molecular weight is 269 g/mol. The van der Waals surface area contributed by atoms with Crippen LogP contribution in [0.4, 0.5) is 5.69 Å². The number of benzene rings is 1. The number of hydrogen-bond acceptors (Lipinski definition) is 2. The van der Waals surface area contributed by atoms with Crippen molar-refractivity contribution in [2.24, 2.45) is 11.7 Å². The molecule has 0 aliphatic rings. The predicted octanol–water partition coefficient (Wildman–Crippen LogP) is 4.23. The SMILES string of the molecule is CC(C)CN(c1ccc([C@H](C)N)cc1Cl)C(C)C. The standard InChI is InChI=1S/C15H25ClN2/c1-10(2)9-18(11(3)4)15-7-6-13(12(5)17)8-14(15)16/h6-8,10-12H,9,17H2,1-5H3/t12-/m0/s1. The van der Waals surface area contributed by atoms with Crippen LogP contribution < -0.4 is 10.6 Å². The summed E-state index contributed by atoms with van der Waals surface area (Å²) in [5, 5.41) is 0.791. The molecule has 0 aliphatic carbocycles. The Kier molecular flexibility index (Phi) is 5.48. The van der Waals surface area contributed by atoms with Crippen molar-refractivity contribution < 1.29 is 0 Å². The lowest BCUT2D eigenvalue weighted by Crippen LogP contribution is -2.34. The first-order chi connectivity index (χ1) is 8.32. The summed E-state index contributed by atoms with van der Waals surface area (Å²) in [5.74, 6) is 0.608. The van der Waals surface area contributed by atoms with Crippen LogP contribution in [-0.4, -0.2) is 12.6 Å². The highest BCUT2D eigenvalue weighted by atomic mass is 35.5. The van der Waals surface area contributed by atoms with E-state index in [-0.39, 0.29) is 6.04 Å². The number of hydrogen-bond donors (Lipinski definition) is 1. The molecule has 2 N–H and O–H groups in total. The third-order valence-electron chi connectivity index (χ3n) is 2.99. The molecule has 0 saturated heterocycles. The van der Waals surface area contributed by atoms with Crippen molar-refractivity contribution in [2.45, 2.75) is 46.7 Å². The van der Waals surface area contributed by atoms with E-state index in [1.54, 1.807) is 0 Å². The van der Waals surface area contributed by atoms with Gasteiger partial charge in [0.15, 0.2) is 0 Å². The van der Waals surface area contributed by atoms with E-state index in [0.29, 0.717) is 12.0 Å². The van der Waals surface area contributed by atoms with Gasteiger partial charge in [-0.2, -0.15) is 0 Å². The van der Waals surface area contributed by atoms with Crippen LogP contribution in [0, 0.1) is 5.92 Å². The Morgan fingerprint density at radius 1 is 1.17 bits per heavy atom. The molecule has 18 heavy (non-hydrogen) atoms. The van der Waals surface area contributed by atoms with Crippen molar-refractivity contribution in [3.8, 4) is 0 Å². The van der Waals surface area contributed by atoms with Crippen molar-refractivity contribution in [3.63, 3.8) is 0 Å². The molecular formula is C15H25ClN2. The Bertz CT molecular complexity index is 386. The zero-order valence-electron chi connectivity index (χ0n) is 12.1. The summed E-state index contributed by atoms with van der Waals surface area (Å²) in [4.78, 5) is 2.35. The zero-order chi connectivity index (χ0) is 13.9. The highest BCUT2D eigenvalue weighted by molar-refractivity contribution is 6.33. The number of nitrogens with two attached hydrogens (primary N) is 1. The van der Waals surface area contributed by atoms with E-state index in [1.807, 2.05) is 13.0 Å². The molecular weight excluding hydrogens is 244 g/mol. The molecule has 1 atom stereocenters. The molecule has 3 heteroatoms. The molecule has 0 fully saturated rings. The van der Waals surface area contributed by atoms with Crippen LogP contribution in [0.5, 0.6) is 0 Å². The Morgan fingerprint density at radius 2 is 1.78 bits per heavy atom. The first-order valence-corrected chi connectivity index (χ1v) is 7.02. The molecule has 1 aromatic carbocycles. The lowest BCUT2D eigenvalue weighted by molar-refractivity contribution is 0.571. The molecule has 0 aromatic heterocycles. The van der Waals surface area contributed by atoms with Gasteiger partial charge in [0.05, 0.1) is 10.7 Å². The first-order valence-electron chi connectivity index (χ1n) is 6.64. The highest BCUT2D eigenvalue weighted by Gasteiger charge is 2.15. The van der Waals surface area contributed by atoms with Gasteiger partial charge in [-0.15, -0.1) is 0 Å². The van der Waals surface area contributed by atoms with Gasteiger partial charge in [0.25, 0.3) is 0 Å². The molecule has 0 unspecified atom stereocenters. The third-order valence-corrected chi connectivity index (χ3v) is 3.29. The normalized spacial score (nSPS) is 13.2. The second kappa shape index (κ2) is 6.44. The van der Waals surface area contributed by atoms with Crippen LogP contribution >= 0.6 is 11.6 Å². The fraction of sp³-hybridized carbons (Fsp3) is 0.600. The van der Waals surface area contributed by atoms with Crippen molar-refractivity contribution >= 4 is 17.3 Å². The first kappa shape index (κ1) is 15.3. The maximum atomic E-state index is 6.40. The Labute approximate surface area is 116 Å². The van der Waals surface area contributed by atoms with Gasteiger partial charge < -0.3 is 10.6 Å². The van der Waals surface area contributed by atoms with Crippen LogP contribution in [0.1, 0.15) is 46.2 Å². The van der Waals surface area contributed by atoms with Crippen LogP contribution in [0.15, 0.2) is 18.2 Å². The average Bonchev–Trinajstić information content (AvgIpc) is 2.25. The van der Waals surface area contributed by atoms with Gasteiger partial charge in [-0.05, 0) is 44.4 Å². The fourth-order valence-corrected chi connectivity index (χ4v) is 2.32. The quantitative estimate of drug-likeness (QED) is 0.866. The van der Waals surface area contributed by atoms with Gasteiger partial charge in [0.1, 0.15) is 0 Å². The summed E-state index contributed by atoms with van der Waals surface area (Å²) < 4.78 is 0. The van der Waals surface area contributed by atoms with Crippen LogP contribution in [-0.2, 0) is 0 Å². The van der Waals surface area contributed by atoms with Crippen molar-refractivity contribution in [2.75, 3.05) is 11.4 Å². The molecule has 0 saturated carbocycles.